The van der Waals surface area contributed by atoms with Gasteiger partial charge in [-0.15, -0.1) is 10.2 Å². The van der Waals surface area contributed by atoms with Crippen LogP contribution in [0.4, 0.5) is 15.9 Å². The number of benzene rings is 2. The summed E-state index contributed by atoms with van der Waals surface area (Å²) in [5.74, 6) is -3.35. The molecule has 1 aliphatic carbocycles. The predicted octanol–water partition coefficient (Wildman–Crippen LogP) is 5.82. The maximum absolute atomic E-state index is 15.8. The first kappa shape index (κ1) is 52.6. The zero-order valence-corrected chi connectivity index (χ0v) is 42.2. The van der Waals surface area contributed by atoms with E-state index in [2.05, 4.69) is 25.3 Å². The molecule has 1 saturated carbocycles. The van der Waals surface area contributed by atoms with Crippen LogP contribution < -0.4 is 19.9 Å². The van der Waals surface area contributed by atoms with E-state index in [0.717, 1.165) is 69.1 Å². The van der Waals surface area contributed by atoms with E-state index in [4.69, 9.17) is 31.1 Å². The Morgan fingerprint density at radius 3 is 2.15 bits per heavy atom. The van der Waals surface area contributed by atoms with Crippen molar-refractivity contribution in [1.29, 1.82) is 5.26 Å². The average Bonchev–Trinajstić information content (AvgIpc) is 3.60. The van der Waals surface area contributed by atoms with E-state index in [0.29, 0.717) is 72.0 Å². The van der Waals surface area contributed by atoms with E-state index < -0.39 is 59.8 Å². The van der Waals surface area contributed by atoms with E-state index in [9.17, 15) is 33.6 Å². The summed E-state index contributed by atoms with van der Waals surface area (Å²) in [4.78, 5) is 99.2. The summed E-state index contributed by atoms with van der Waals surface area (Å²) in [5, 5.41) is 21.2. The van der Waals surface area contributed by atoms with Crippen molar-refractivity contribution in [3.8, 4) is 11.8 Å². The smallest absolute Gasteiger partial charge is 0.307 e. The molecule has 8 rings (SSSR count). The van der Waals surface area contributed by atoms with E-state index in [-0.39, 0.29) is 66.2 Å². The first-order chi connectivity index (χ1) is 34.9. The molecule has 3 saturated heterocycles. The summed E-state index contributed by atoms with van der Waals surface area (Å²) in [7, 11) is 0. The number of amides is 5. The molecule has 0 bridgehead atoms. The maximum Gasteiger partial charge on any atom is 0.307 e. The standard InChI is InChI=1S/C52H61ClFN9O10/c1-52(2,3)73-47(66)7-5-4-6-46(65)71-31-62-45(64)17-15-42(51(62)70)63-49(68)37-27-40(54)43(28-38(37)50(63)69)60-24-22-59(23-25-60)30-32-18-20-61(21-19-32)44-16-14-41(57-58-44)48(67)56-34-9-12-35(13-10-34)72-36-11-8-33(29-55)39(53)26-36/h8,11,14,16,26-28,32,34-35,42H,4-7,9-10,12-13,15,17-25,30-31H2,1-3H3,(H,56,67). The van der Waals surface area contributed by atoms with Crippen molar-refractivity contribution in [1.82, 2.24) is 30.2 Å². The van der Waals surface area contributed by atoms with Gasteiger partial charge < -0.3 is 29.3 Å². The number of halogens is 2. The van der Waals surface area contributed by atoms with Crippen molar-refractivity contribution in [3.63, 3.8) is 0 Å². The molecule has 3 aromatic rings. The van der Waals surface area contributed by atoms with Crippen LogP contribution in [-0.2, 0) is 28.7 Å². The summed E-state index contributed by atoms with van der Waals surface area (Å²) in [6.45, 7) is 9.29. The van der Waals surface area contributed by atoms with Crippen LogP contribution in [0.15, 0.2) is 42.5 Å². The minimum absolute atomic E-state index is 0.00797. The van der Waals surface area contributed by atoms with Crippen LogP contribution in [0, 0.1) is 23.1 Å². The SMILES string of the molecule is CC(C)(C)OC(=O)CCCCC(=O)OCN1C(=O)CCC(N2C(=O)c3cc(F)c(N4CCN(CC5CCN(c6ccc(C(=O)NC7CCC(Oc8ccc(C#N)c(Cl)c8)CC7)nn6)CC5)CC4)cc3C2=O)C1=O. The number of nitrogens with zero attached hydrogens (tertiary/aromatic N) is 8. The van der Waals surface area contributed by atoms with Crippen LogP contribution in [0.5, 0.6) is 5.75 Å². The van der Waals surface area contributed by atoms with Crippen molar-refractivity contribution in [2.75, 3.05) is 62.3 Å². The van der Waals surface area contributed by atoms with Crippen molar-refractivity contribution in [3.05, 3.63) is 75.7 Å². The van der Waals surface area contributed by atoms with Crippen LogP contribution in [-0.4, -0.2) is 143 Å². The highest BCUT2D eigenvalue weighted by molar-refractivity contribution is 6.31. The van der Waals surface area contributed by atoms with Crippen LogP contribution in [0.25, 0.3) is 0 Å². The van der Waals surface area contributed by atoms with Gasteiger partial charge >= 0.3 is 11.9 Å². The van der Waals surface area contributed by atoms with Crippen LogP contribution in [0.1, 0.15) is 135 Å². The number of hydrogen-bond donors (Lipinski definition) is 1. The highest BCUT2D eigenvalue weighted by atomic mass is 35.5. The zero-order valence-electron chi connectivity index (χ0n) is 41.4. The average molecular weight is 1030 g/mol. The quantitative estimate of drug-likeness (QED) is 0.101. The largest absolute Gasteiger partial charge is 0.490 e. The number of esters is 2. The minimum Gasteiger partial charge on any atom is -0.490 e. The van der Waals surface area contributed by atoms with Gasteiger partial charge in [0.25, 0.3) is 23.6 Å². The fourth-order valence-corrected chi connectivity index (χ4v) is 10.3. The predicted molar refractivity (Wildman–Crippen MR) is 263 cm³/mol. The highest BCUT2D eigenvalue weighted by Gasteiger charge is 2.48. The molecule has 1 aromatic heterocycles. The molecule has 1 atom stereocenters. The lowest BCUT2D eigenvalue weighted by molar-refractivity contribution is -0.164. The number of fused-ring (bicyclic) bond motifs is 1. The second kappa shape index (κ2) is 23.0. The Kier molecular flexibility index (Phi) is 16.6. The van der Waals surface area contributed by atoms with Crippen LogP contribution in [0.3, 0.4) is 0 Å². The second-order valence-electron chi connectivity index (χ2n) is 20.3. The normalized spacial score (nSPS) is 21.0. The molecule has 5 aliphatic rings. The van der Waals surface area contributed by atoms with Gasteiger partial charge in [0, 0.05) is 77.2 Å². The summed E-state index contributed by atoms with van der Waals surface area (Å²) >= 11 is 6.15. The number of nitriles is 1. The topological polar surface area (TPSA) is 225 Å². The number of likely N-dealkylation sites (tertiary alicyclic amines) is 1. The van der Waals surface area contributed by atoms with Gasteiger partial charge in [-0.2, -0.15) is 5.26 Å². The molecule has 5 amide bonds. The molecule has 0 spiro atoms. The Bertz CT molecular complexity index is 2640. The highest BCUT2D eigenvalue weighted by Crippen LogP contribution is 2.35. The Morgan fingerprint density at radius 1 is 0.822 bits per heavy atom. The Balaban J connectivity index is 0.752. The third-order valence-electron chi connectivity index (χ3n) is 14.0. The number of nitrogens with one attached hydrogen (secondary N) is 1. The fourth-order valence-electron chi connectivity index (χ4n) is 10.1. The lowest BCUT2D eigenvalue weighted by Crippen LogP contribution is -2.56. The zero-order chi connectivity index (χ0) is 52.0. The van der Waals surface area contributed by atoms with Gasteiger partial charge in [0.2, 0.25) is 5.91 Å². The number of ether oxygens (including phenoxy) is 3. The Morgan fingerprint density at radius 2 is 1.51 bits per heavy atom. The van der Waals surface area contributed by atoms with E-state index in [1.165, 1.54) is 6.07 Å². The first-order valence-electron chi connectivity index (χ1n) is 25.1. The molecule has 1 N–H and O–H groups in total. The van der Waals surface area contributed by atoms with Gasteiger partial charge in [0.15, 0.2) is 18.2 Å². The molecule has 388 valence electrons. The summed E-state index contributed by atoms with van der Waals surface area (Å²) < 4.78 is 32.3. The number of imide groups is 2. The van der Waals surface area contributed by atoms with Gasteiger partial charge in [0.1, 0.15) is 29.3 Å². The summed E-state index contributed by atoms with van der Waals surface area (Å²) in [6.07, 6.45) is 5.29. The van der Waals surface area contributed by atoms with Crippen molar-refractivity contribution >= 4 is 64.6 Å². The number of piperazine rings is 1. The maximum atomic E-state index is 15.8. The second-order valence-corrected chi connectivity index (χ2v) is 20.7. The van der Waals surface area contributed by atoms with Crippen molar-refractivity contribution in [2.45, 2.75) is 122 Å². The summed E-state index contributed by atoms with van der Waals surface area (Å²) in [5.41, 5.74) is 0.0255. The number of unbranched alkanes of at least 4 members (excludes halogenated alkanes) is 1. The molecule has 5 heterocycles. The number of carbonyl (C=O) groups excluding carboxylic acids is 7. The molecular weight excluding hydrogens is 965 g/mol. The molecule has 0 radical (unpaired) electrons. The molecule has 1 unspecified atom stereocenters. The van der Waals surface area contributed by atoms with E-state index in [1.54, 1.807) is 45.0 Å². The van der Waals surface area contributed by atoms with Gasteiger partial charge in [-0.1, -0.05) is 11.6 Å². The molecule has 21 heteroatoms. The van der Waals surface area contributed by atoms with Crippen LogP contribution >= 0.6 is 11.6 Å². The van der Waals surface area contributed by atoms with Crippen LogP contribution in [0.2, 0.25) is 5.02 Å². The van der Waals surface area contributed by atoms with Gasteiger partial charge in [-0.25, -0.2) is 9.29 Å². The van der Waals surface area contributed by atoms with E-state index >= 15 is 4.39 Å². The van der Waals surface area contributed by atoms with Gasteiger partial charge in [-0.3, -0.25) is 43.4 Å². The number of carbonyl (C=O) groups is 7. The molecule has 73 heavy (non-hydrogen) atoms. The minimum atomic E-state index is -1.35. The third-order valence-corrected chi connectivity index (χ3v) is 14.3. The number of aromatic nitrogens is 2. The number of hydrogen-bond acceptors (Lipinski definition) is 16. The first-order valence-corrected chi connectivity index (χ1v) is 25.5. The molecule has 4 fully saturated rings. The Labute approximate surface area is 428 Å². The van der Waals surface area contributed by atoms with Crippen molar-refractivity contribution in [2.24, 2.45) is 5.92 Å². The Hall–Kier alpha value is -6.72. The fraction of sp³-hybridized carbons (Fsp3) is 0.538. The van der Waals surface area contributed by atoms with Gasteiger partial charge in [-0.05, 0) is 121 Å². The molecule has 4 aliphatic heterocycles. The van der Waals surface area contributed by atoms with E-state index in [1.807, 2.05) is 17.0 Å². The molecule has 2 aromatic carbocycles. The van der Waals surface area contributed by atoms with Gasteiger partial charge in [0.05, 0.1) is 33.5 Å². The third kappa shape index (κ3) is 12.9. The molecule has 19 nitrogen and oxygen atoms in total. The summed E-state index contributed by atoms with van der Waals surface area (Å²) in [6, 6.07) is 11.7. The number of anilines is 2. The monoisotopic (exact) mass is 1030 g/mol. The molecular formula is C52H61ClFN9O10. The number of rotatable bonds is 16. The lowest BCUT2D eigenvalue weighted by Gasteiger charge is -2.39. The number of piperidine rings is 2. The lowest BCUT2D eigenvalue weighted by atomic mass is 9.93. The van der Waals surface area contributed by atoms with Crippen molar-refractivity contribution < 1.29 is 52.2 Å².